The van der Waals surface area contributed by atoms with E-state index in [1.54, 1.807) is 7.11 Å². The van der Waals surface area contributed by atoms with Crippen LogP contribution in [0.5, 0.6) is 0 Å². The Balaban J connectivity index is 2.22. The van der Waals surface area contributed by atoms with Gasteiger partial charge in [0.25, 0.3) is 0 Å². The molecule has 5 heteroatoms. The molecule has 1 heterocycles. The number of hydrogen-bond acceptors (Lipinski definition) is 4. The van der Waals surface area contributed by atoms with E-state index in [4.69, 9.17) is 16.3 Å². The number of nitrogens with one attached hydrogen (secondary N) is 1. The van der Waals surface area contributed by atoms with Gasteiger partial charge in [0.15, 0.2) is 0 Å². The van der Waals surface area contributed by atoms with Crippen molar-refractivity contribution < 1.29 is 4.74 Å². The number of nitrogens with zero attached hydrogens (tertiary/aromatic N) is 2. The summed E-state index contributed by atoms with van der Waals surface area (Å²) in [5.74, 6) is 1.63. The fraction of sp³-hybridized carbons (Fsp3) is 0.412. The number of aromatic nitrogens is 2. The molecule has 0 aliphatic heterocycles. The van der Waals surface area contributed by atoms with Gasteiger partial charge in [-0.2, -0.15) is 0 Å². The zero-order valence-corrected chi connectivity index (χ0v) is 14.0. The average molecular weight is 320 g/mol. The Morgan fingerprint density at radius 3 is 2.59 bits per heavy atom. The molecule has 0 spiro atoms. The minimum absolute atomic E-state index is 0.122. The predicted octanol–water partition coefficient (Wildman–Crippen LogP) is 4.19. The Labute approximate surface area is 136 Å². The van der Waals surface area contributed by atoms with Crippen LogP contribution >= 0.6 is 11.6 Å². The number of hydrogen-bond donors (Lipinski definition) is 1. The summed E-state index contributed by atoms with van der Waals surface area (Å²) < 4.78 is 5.23. The van der Waals surface area contributed by atoms with E-state index in [-0.39, 0.29) is 6.04 Å². The molecule has 0 saturated carbocycles. The first-order valence-electron chi connectivity index (χ1n) is 7.48. The van der Waals surface area contributed by atoms with Gasteiger partial charge in [-0.15, -0.1) is 0 Å². The highest BCUT2D eigenvalue weighted by Gasteiger charge is 2.13. The van der Waals surface area contributed by atoms with Gasteiger partial charge in [-0.25, -0.2) is 9.97 Å². The summed E-state index contributed by atoms with van der Waals surface area (Å²) in [4.78, 5) is 8.90. The summed E-state index contributed by atoms with van der Waals surface area (Å²) in [6.45, 7) is 4.68. The lowest BCUT2D eigenvalue weighted by Gasteiger charge is -2.20. The molecule has 0 aliphatic rings. The molecule has 4 nitrogen and oxygen atoms in total. The zero-order chi connectivity index (χ0) is 15.9. The highest BCUT2D eigenvalue weighted by molar-refractivity contribution is 6.30. The Morgan fingerprint density at radius 1 is 1.23 bits per heavy atom. The molecule has 118 valence electrons. The van der Waals surface area contributed by atoms with Crippen molar-refractivity contribution in [3.8, 4) is 0 Å². The van der Waals surface area contributed by atoms with Crippen molar-refractivity contribution in [3.05, 3.63) is 52.4 Å². The summed E-state index contributed by atoms with van der Waals surface area (Å²) >= 11 is 5.98. The molecule has 1 unspecified atom stereocenters. The highest BCUT2D eigenvalue weighted by Crippen LogP contribution is 2.24. The number of methoxy groups -OCH3 is 1. The van der Waals surface area contributed by atoms with E-state index in [9.17, 15) is 0 Å². The molecule has 0 saturated heterocycles. The number of anilines is 1. The maximum Gasteiger partial charge on any atom is 0.130 e. The van der Waals surface area contributed by atoms with Gasteiger partial charge in [0.05, 0.1) is 6.04 Å². The lowest BCUT2D eigenvalue weighted by Crippen LogP contribution is -2.15. The first-order valence-corrected chi connectivity index (χ1v) is 7.85. The van der Waals surface area contributed by atoms with Crippen LogP contribution in [0.4, 0.5) is 5.82 Å². The molecular formula is C17H22ClN3O. The van der Waals surface area contributed by atoms with Gasteiger partial charge >= 0.3 is 0 Å². The second kappa shape index (κ2) is 8.11. The summed E-state index contributed by atoms with van der Waals surface area (Å²) in [6.07, 6.45) is 1.74. The van der Waals surface area contributed by atoms with Gasteiger partial charge in [-0.05, 0) is 37.5 Å². The Bertz CT molecular complexity index is 601. The summed E-state index contributed by atoms with van der Waals surface area (Å²) in [6, 6.07) is 10.00. The highest BCUT2D eigenvalue weighted by atomic mass is 35.5. The maximum absolute atomic E-state index is 5.98. The first-order chi connectivity index (χ1) is 10.6. The molecule has 2 aromatic rings. The van der Waals surface area contributed by atoms with Gasteiger partial charge in [-0.3, -0.25) is 0 Å². The molecule has 22 heavy (non-hydrogen) atoms. The lowest BCUT2D eigenvalue weighted by molar-refractivity contribution is 0.190. The molecule has 0 fully saturated rings. The zero-order valence-electron chi connectivity index (χ0n) is 13.3. The number of rotatable bonds is 7. The van der Waals surface area contributed by atoms with Gasteiger partial charge in [0.1, 0.15) is 11.6 Å². The van der Waals surface area contributed by atoms with Crippen molar-refractivity contribution in [1.82, 2.24) is 9.97 Å². The topological polar surface area (TPSA) is 47.0 Å². The Hall–Kier alpha value is -1.65. The fourth-order valence-electron chi connectivity index (χ4n) is 2.32. The van der Waals surface area contributed by atoms with Crippen molar-refractivity contribution >= 4 is 17.4 Å². The summed E-state index contributed by atoms with van der Waals surface area (Å²) in [7, 11) is 1.71. The van der Waals surface area contributed by atoms with E-state index < -0.39 is 0 Å². The lowest BCUT2D eigenvalue weighted by atomic mass is 10.0. The van der Waals surface area contributed by atoms with E-state index in [0.29, 0.717) is 6.61 Å². The van der Waals surface area contributed by atoms with Crippen LogP contribution in [0.3, 0.4) is 0 Å². The third-order valence-electron chi connectivity index (χ3n) is 3.46. The Kier molecular flexibility index (Phi) is 6.16. The fourth-order valence-corrected chi connectivity index (χ4v) is 2.44. The molecular weight excluding hydrogens is 298 g/mol. The molecule has 0 amide bonds. The van der Waals surface area contributed by atoms with E-state index in [2.05, 4.69) is 22.2 Å². The SMILES string of the molecule is CCc1cc(NC(CCOC)c2ccc(Cl)cc2)nc(C)n1. The molecule has 2 rings (SSSR count). The largest absolute Gasteiger partial charge is 0.385 e. The van der Waals surface area contributed by atoms with E-state index in [1.165, 1.54) is 0 Å². The van der Waals surface area contributed by atoms with Gasteiger partial charge in [0, 0.05) is 30.5 Å². The Morgan fingerprint density at radius 2 is 1.95 bits per heavy atom. The molecule has 1 aromatic carbocycles. The van der Waals surface area contributed by atoms with Crippen molar-refractivity contribution in [2.75, 3.05) is 19.0 Å². The number of halogens is 1. The van der Waals surface area contributed by atoms with E-state index >= 15 is 0 Å². The monoisotopic (exact) mass is 319 g/mol. The smallest absolute Gasteiger partial charge is 0.130 e. The maximum atomic E-state index is 5.98. The van der Waals surface area contributed by atoms with Crippen molar-refractivity contribution in [2.24, 2.45) is 0 Å². The van der Waals surface area contributed by atoms with Crippen LogP contribution in [-0.2, 0) is 11.2 Å². The van der Waals surface area contributed by atoms with E-state index in [0.717, 1.165) is 40.8 Å². The summed E-state index contributed by atoms with van der Waals surface area (Å²) in [5.41, 5.74) is 2.20. The normalized spacial score (nSPS) is 12.2. The molecule has 1 N–H and O–H groups in total. The molecule has 0 radical (unpaired) electrons. The molecule has 0 aliphatic carbocycles. The first kappa shape index (κ1) is 16.7. The van der Waals surface area contributed by atoms with Crippen LogP contribution in [0.2, 0.25) is 5.02 Å². The molecule has 1 aromatic heterocycles. The van der Waals surface area contributed by atoms with E-state index in [1.807, 2.05) is 37.3 Å². The van der Waals surface area contributed by atoms with Crippen LogP contribution < -0.4 is 5.32 Å². The molecule has 0 bridgehead atoms. The standard InChI is InChI=1S/C17H22ClN3O/c1-4-15-11-17(20-12(2)19-15)21-16(9-10-22-3)13-5-7-14(18)8-6-13/h5-8,11,16H,4,9-10H2,1-3H3,(H,19,20,21). The van der Waals surface area contributed by atoms with Gasteiger partial charge in [-0.1, -0.05) is 30.7 Å². The average Bonchev–Trinajstić information content (AvgIpc) is 2.51. The number of aryl methyl sites for hydroxylation is 2. The third kappa shape index (κ3) is 4.68. The summed E-state index contributed by atoms with van der Waals surface area (Å²) in [5, 5.41) is 4.23. The minimum atomic E-state index is 0.122. The second-order valence-corrected chi connectivity index (χ2v) is 5.61. The predicted molar refractivity (Wildman–Crippen MR) is 90.5 cm³/mol. The molecule has 1 atom stereocenters. The van der Waals surface area contributed by atoms with Crippen molar-refractivity contribution in [2.45, 2.75) is 32.7 Å². The quantitative estimate of drug-likeness (QED) is 0.831. The van der Waals surface area contributed by atoms with Crippen LogP contribution in [-0.4, -0.2) is 23.7 Å². The van der Waals surface area contributed by atoms with Crippen LogP contribution in [0.25, 0.3) is 0 Å². The third-order valence-corrected chi connectivity index (χ3v) is 3.71. The second-order valence-electron chi connectivity index (χ2n) is 5.18. The number of benzene rings is 1. The van der Waals surface area contributed by atoms with Gasteiger partial charge in [0.2, 0.25) is 0 Å². The van der Waals surface area contributed by atoms with Gasteiger partial charge < -0.3 is 10.1 Å². The van der Waals surface area contributed by atoms with Crippen LogP contribution in [0.1, 0.15) is 36.5 Å². The van der Waals surface area contributed by atoms with Crippen LogP contribution in [0, 0.1) is 6.92 Å². The minimum Gasteiger partial charge on any atom is -0.385 e. The number of ether oxygens (including phenoxy) is 1. The van der Waals surface area contributed by atoms with Crippen molar-refractivity contribution in [3.63, 3.8) is 0 Å². The van der Waals surface area contributed by atoms with Crippen LogP contribution in [0.15, 0.2) is 30.3 Å². The van der Waals surface area contributed by atoms with Crippen molar-refractivity contribution in [1.29, 1.82) is 0 Å².